The molecule has 0 unspecified atom stereocenters. The summed E-state index contributed by atoms with van der Waals surface area (Å²) < 4.78 is 16.5. The minimum absolute atomic E-state index is 0.0643. The number of aryl methyl sites for hydroxylation is 1. The molecule has 0 radical (unpaired) electrons. The Balaban J connectivity index is 1.67. The van der Waals surface area contributed by atoms with Crippen molar-refractivity contribution in [3.8, 4) is 11.5 Å². The minimum atomic E-state index is -0.0895. The number of likely N-dealkylation sites (tertiary alicyclic amines) is 1. The van der Waals surface area contributed by atoms with Crippen LogP contribution in [0.4, 0.5) is 0 Å². The lowest BCUT2D eigenvalue weighted by atomic mass is 10.1. The molecule has 8 nitrogen and oxygen atoms in total. The van der Waals surface area contributed by atoms with Gasteiger partial charge in [0, 0.05) is 26.6 Å². The average molecular weight is 486 g/mol. The molecule has 0 atom stereocenters. The Hall–Kier alpha value is -3.00. The van der Waals surface area contributed by atoms with Crippen LogP contribution in [0.3, 0.4) is 0 Å². The summed E-state index contributed by atoms with van der Waals surface area (Å²) in [5, 5.41) is 0. The summed E-state index contributed by atoms with van der Waals surface area (Å²) in [5.41, 5.74) is 1.03. The maximum atomic E-state index is 13.4. The zero-order chi connectivity index (χ0) is 25.2. The van der Waals surface area contributed by atoms with Crippen LogP contribution >= 0.6 is 0 Å². The molecule has 2 amide bonds. The molecular weight excluding hydrogens is 446 g/mol. The molecule has 1 aromatic carbocycles. The molecule has 2 aromatic rings. The van der Waals surface area contributed by atoms with Gasteiger partial charge >= 0.3 is 0 Å². The number of carbonyl (C=O) groups is 2. The summed E-state index contributed by atoms with van der Waals surface area (Å²) in [4.78, 5) is 31.5. The summed E-state index contributed by atoms with van der Waals surface area (Å²) in [5.74, 6) is 2.69. The highest BCUT2D eigenvalue weighted by Gasteiger charge is 2.22. The number of rotatable bonds is 12. The van der Waals surface area contributed by atoms with Crippen molar-refractivity contribution in [3.05, 3.63) is 47.4 Å². The molecule has 3 rings (SSSR count). The first-order valence-corrected chi connectivity index (χ1v) is 12.4. The van der Waals surface area contributed by atoms with Crippen LogP contribution in [0.25, 0.3) is 0 Å². The van der Waals surface area contributed by atoms with Gasteiger partial charge in [0.25, 0.3) is 0 Å². The van der Waals surface area contributed by atoms with Gasteiger partial charge in [0.2, 0.25) is 11.8 Å². The molecule has 2 heterocycles. The van der Waals surface area contributed by atoms with E-state index in [1.807, 2.05) is 37.3 Å². The number of hydrogen-bond donors (Lipinski definition) is 0. The molecule has 0 saturated carbocycles. The number of amides is 2. The Morgan fingerprint density at radius 2 is 1.71 bits per heavy atom. The smallest absolute Gasteiger partial charge is 0.242 e. The second-order valence-corrected chi connectivity index (χ2v) is 9.11. The van der Waals surface area contributed by atoms with Crippen molar-refractivity contribution in [3.63, 3.8) is 0 Å². The van der Waals surface area contributed by atoms with Crippen molar-refractivity contribution in [2.45, 2.75) is 46.1 Å². The van der Waals surface area contributed by atoms with Gasteiger partial charge in [-0.15, -0.1) is 0 Å². The number of ether oxygens (including phenoxy) is 2. The van der Waals surface area contributed by atoms with E-state index in [9.17, 15) is 9.59 Å². The quantitative estimate of drug-likeness (QED) is 0.458. The minimum Gasteiger partial charge on any atom is -0.493 e. The van der Waals surface area contributed by atoms with E-state index in [1.165, 1.54) is 26.2 Å². The largest absolute Gasteiger partial charge is 0.493 e. The second kappa shape index (κ2) is 13.2. The Labute approximate surface area is 208 Å². The fourth-order valence-corrected chi connectivity index (χ4v) is 4.41. The van der Waals surface area contributed by atoms with Gasteiger partial charge in [-0.2, -0.15) is 0 Å². The molecule has 0 bridgehead atoms. The molecule has 1 aromatic heterocycles. The maximum absolute atomic E-state index is 13.4. The van der Waals surface area contributed by atoms with Crippen LogP contribution in [0.2, 0.25) is 0 Å². The first-order valence-electron chi connectivity index (χ1n) is 12.4. The normalized spacial score (nSPS) is 13.9. The van der Waals surface area contributed by atoms with Crippen LogP contribution < -0.4 is 9.47 Å². The highest BCUT2D eigenvalue weighted by molar-refractivity contribution is 5.83. The van der Waals surface area contributed by atoms with Gasteiger partial charge in [0.15, 0.2) is 11.5 Å². The number of hydrogen-bond acceptors (Lipinski definition) is 6. The number of nitrogens with zero attached hydrogens (tertiary/aromatic N) is 3. The lowest BCUT2D eigenvalue weighted by Crippen LogP contribution is -2.45. The van der Waals surface area contributed by atoms with E-state index in [-0.39, 0.29) is 18.4 Å². The van der Waals surface area contributed by atoms with E-state index < -0.39 is 0 Å². The highest BCUT2D eigenvalue weighted by atomic mass is 16.5. The zero-order valence-electron chi connectivity index (χ0n) is 21.5. The van der Waals surface area contributed by atoms with Crippen LogP contribution in [-0.4, -0.2) is 80.0 Å². The molecule has 1 saturated heterocycles. The molecule has 0 aliphatic carbocycles. The third-order valence-electron chi connectivity index (χ3n) is 6.52. The molecule has 1 fully saturated rings. The van der Waals surface area contributed by atoms with Gasteiger partial charge in [0.05, 0.1) is 27.3 Å². The molecule has 8 heteroatoms. The predicted molar refractivity (Wildman–Crippen MR) is 135 cm³/mol. The van der Waals surface area contributed by atoms with E-state index in [0.717, 1.165) is 36.7 Å². The first-order chi connectivity index (χ1) is 16.9. The molecule has 35 heavy (non-hydrogen) atoms. The predicted octanol–water partition coefficient (Wildman–Crippen LogP) is 3.51. The molecule has 0 N–H and O–H groups in total. The van der Waals surface area contributed by atoms with Crippen molar-refractivity contribution in [2.24, 2.45) is 0 Å². The summed E-state index contributed by atoms with van der Waals surface area (Å²) in [7, 11) is 3.21. The van der Waals surface area contributed by atoms with E-state index in [0.29, 0.717) is 37.6 Å². The first kappa shape index (κ1) is 26.6. The summed E-state index contributed by atoms with van der Waals surface area (Å²) in [6, 6.07) is 9.56. The third-order valence-corrected chi connectivity index (χ3v) is 6.52. The molecular formula is C27H39N3O5. The van der Waals surface area contributed by atoms with Crippen LogP contribution in [-0.2, 0) is 22.6 Å². The summed E-state index contributed by atoms with van der Waals surface area (Å²) >= 11 is 0. The van der Waals surface area contributed by atoms with E-state index >= 15 is 0 Å². The molecule has 1 aliphatic rings. The number of carbonyl (C=O) groups excluding carboxylic acids is 2. The van der Waals surface area contributed by atoms with Gasteiger partial charge in [-0.3, -0.25) is 9.59 Å². The molecule has 0 spiro atoms. The second-order valence-electron chi connectivity index (χ2n) is 9.11. The van der Waals surface area contributed by atoms with Gasteiger partial charge in [-0.1, -0.05) is 12.5 Å². The van der Waals surface area contributed by atoms with Crippen molar-refractivity contribution in [1.82, 2.24) is 14.7 Å². The van der Waals surface area contributed by atoms with Gasteiger partial charge in [-0.05, 0) is 69.1 Å². The van der Waals surface area contributed by atoms with Gasteiger partial charge in [-0.25, -0.2) is 0 Å². The lowest BCUT2D eigenvalue weighted by molar-refractivity contribution is -0.140. The van der Waals surface area contributed by atoms with E-state index in [2.05, 4.69) is 4.90 Å². The lowest BCUT2D eigenvalue weighted by Gasteiger charge is -2.31. The van der Waals surface area contributed by atoms with Crippen molar-refractivity contribution in [2.75, 3.05) is 53.5 Å². The topological polar surface area (TPSA) is 75.5 Å². The zero-order valence-corrected chi connectivity index (χ0v) is 21.5. The van der Waals surface area contributed by atoms with Crippen LogP contribution in [0.5, 0.6) is 11.5 Å². The number of benzene rings is 1. The molecule has 1 aliphatic heterocycles. The van der Waals surface area contributed by atoms with Crippen molar-refractivity contribution < 1.29 is 23.5 Å². The standard InChI is InChI=1S/C27H39N3O5/c1-21-8-10-24(35-21)19-30(15-12-23-9-11-25(33-3)26(18-23)34-4)27(32)20-29(22(2)31)17-16-28-13-6-5-7-14-28/h8-11,18H,5-7,12-17,19-20H2,1-4H3. The average Bonchev–Trinajstić information content (AvgIpc) is 3.28. The third kappa shape index (κ3) is 8.02. The van der Waals surface area contributed by atoms with Crippen LogP contribution in [0, 0.1) is 6.92 Å². The summed E-state index contributed by atoms with van der Waals surface area (Å²) in [6.45, 7) is 7.83. The van der Waals surface area contributed by atoms with Gasteiger partial charge in [0.1, 0.15) is 11.5 Å². The fourth-order valence-electron chi connectivity index (χ4n) is 4.41. The Bertz CT molecular complexity index is 967. The van der Waals surface area contributed by atoms with Crippen molar-refractivity contribution >= 4 is 11.8 Å². The molecule has 192 valence electrons. The SMILES string of the molecule is COc1ccc(CCN(Cc2ccc(C)o2)C(=O)CN(CCN2CCCCC2)C(C)=O)cc1OC. The Morgan fingerprint density at radius 3 is 2.34 bits per heavy atom. The van der Waals surface area contributed by atoms with Crippen molar-refractivity contribution in [1.29, 1.82) is 0 Å². The monoisotopic (exact) mass is 485 g/mol. The highest BCUT2D eigenvalue weighted by Crippen LogP contribution is 2.27. The van der Waals surface area contributed by atoms with Crippen LogP contribution in [0.1, 0.15) is 43.3 Å². The maximum Gasteiger partial charge on any atom is 0.242 e. The van der Waals surface area contributed by atoms with E-state index in [1.54, 1.807) is 24.0 Å². The Morgan fingerprint density at radius 1 is 0.971 bits per heavy atom. The van der Waals surface area contributed by atoms with Crippen LogP contribution in [0.15, 0.2) is 34.7 Å². The number of methoxy groups -OCH3 is 2. The van der Waals surface area contributed by atoms with E-state index in [4.69, 9.17) is 13.9 Å². The Kier molecular flexibility index (Phi) is 10.0. The number of furan rings is 1. The summed E-state index contributed by atoms with van der Waals surface area (Å²) in [6.07, 6.45) is 4.31. The van der Waals surface area contributed by atoms with Gasteiger partial charge < -0.3 is 28.6 Å². The fraction of sp³-hybridized carbons (Fsp3) is 0.556. The number of piperidine rings is 1.